The fourth-order valence-corrected chi connectivity index (χ4v) is 5.11. The maximum Gasteiger partial charge on any atom is 0.239 e. The zero-order valence-corrected chi connectivity index (χ0v) is 17.5. The summed E-state index contributed by atoms with van der Waals surface area (Å²) in [7, 11) is 0. The van der Waals surface area contributed by atoms with Crippen LogP contribution >= 0.6 is 11.3 Å². The Balaban J connectivity index is 1.57. The summed E-state index contributed by atoms with van der Waals surface area (Å²) >= 11 is 1.73. The second-order valence-corrected chi connectivity index (χ2v) is 8.65. The summed E-state index contributed by atoms with van der Waals surface area (Å²) in [5, 5.41) is 12.5. The van der Waals surface area contributed by atoms with Gasteiger partial charge in [-0.2, -0.15) is 4.98 Å². The number of anilines is 2. The predicted molar refractivity (Wildman–Crippen MR) is 112 cm³/mol. The van der Waals surface area contributed by atoms with Crippen molar-refractivity contribution in [2.75, 3.05) is 36.0 Å². The van der Waals surface area contributed by atoms with E-state index in [0.29, 0.717) is 25.6 Å². The minimum Gasteiger partial charge on any atom is -0.353 e. The van der Waals surface area contributed by atoms with E-state index in [0.717, 1.165) is 60.2 Å². The van der Waals surface area contributed by atoms with Gasteiger partial charge < -0.3 is 19.7 Å². The lowest BCUT2D eigenvalue weighted by Gasteiger charge is -2.31. The largest absolute Gasteiger partial charge is 0.353 e. The average Bonchev–Trinajstić information content (AvgIpc) is 3.30. The molecule has 0 spiro atoms. The minimum absolute atomic E-state index is 0.0147. The highest BCUT2D eigenvalue weighted by molar-refractivity contribution is 7.18. The van der Waals surface area contributed by atoms with E-state index in [-0.39, 0.29) is 5.91 Å². The number of piperazine rings is 1. The lowest BCUT2D eigenvalue weighted by Crippen LogP contribution is -2.48. The highest BCUT2D eigenvalue weighted by atomic mass is 32.1. The molecule has 0 atom stereocenters. The molecule has 5 rings (SSSR count). The highest BCUT2D eigenvalue weighted by Crippen LogP contribution is 2.35. The number of amides is 1. The monoisotopic (exact) mass is 412 g/mol. The fraction of sp³-hybridized carbons (Fsp3) is 0.526. The van der Waals surface area contributed by atoms with Crippen LogP contribution in [0.15, 0.2) is 6.07 Å². The molecule has 1 saturated heterocycles. The Morgan fingerprint density at radius 1 is 1.14 bits per heavy atom. The summed E-state index contributed by atoms with van der Waals surface area (Å²) in [6, 6.07) is 2.23. The topological polar surface area (TPSA) is 92.1 Å². The molecule has 1 amide bonds. The first-order valence-corrected chi connectivity index (χ1v) is 10.9. The van der Waals surface area contributed by atoms with Crippen LogP contribution in [0.25, 0.3) is 10.2 Å². The Morgan fingerprint density at radius 2 is 2.03 bits per heavy atom. The summed E-state index contributed by atoms with van der Waals surface area (Å²) in [5.41, 5.74) is 0. The van der Waals surface area contributed by atoms with Gasteiger partial charge in [0.2, 0.25) is 11.9 Å². The van der Waals surface area contributed by atoms with Crippen LogP contribution < -0.4 is 15.1 Å². The standard InChI is InChI=1S/C19H24N8OS/c1-3-4-13-9-14-17(25-7-8-27-12(2)23-24-15(27)10-25)21-19(22-18(14)29-13)26-6-5-20-16(28)11-26/h9H,3-8,10-11H2,1-2H3,(H,20,28). The van der Waals surface area contributed by atoms with Gasteiger partial charge in [-0.25, -0.2) is 4.98 Å². The van der Waals surface area contributed by atoms with E-state index in [1.807, 2.05) is 11.8 Å². The van der Waals surface area contributed by atoms with Gasteiger partial charge in [0.05, 0.1) is 18.5 Å². The molecule has 1 N–H and O–H groups in total. The zero-order chi connectivity index (χ0) is 20.0. The van der Waals surface area contributed by atoms with Gasteiger partial charge in [-0.3, -0.25) is 4.79 Å². The van der Waals surface area contributed by atoms with E-state index >= 15 is 0 Å². The van der Waals surface area contributed by atoms with E-state index < -0.39 is 0 Å². The molecular weight excluding hydrogens is 388 g/mol. The number of hydrogen-bond acceptors (Lipinski definition) is 8. The quantitative estimate of drug-likeness (QED) is 0.694. The zero-order valence-electron chi connectivity index (χ0n) is 16.7. The third-order valence-electron chi connectivity index (χ3n) is 5.47. The molecule has 152 valence electrons. The number of nitrogens with zero attached hydrogens (tertiary/aromatic N) is 7. The van der Waals surface area contributed by atoms with E-state index in [4.69, 9.17) is 9.97 Å². The molecule has 3 aromatic heterocycles. The van der Waals surface area contributed by atoms with Crippen molar-refractivity contribution in [2.45, 2.75) is 39.8 Å². The van der Waals surface area contributed by atoms with Crippen molar-refractivity contribution in [1.29, 1.82) is 0 Å². The van der Waals surface area contributed by atoms with Gasteiger partial charge in [0, 0.05) is 31.1 Å². The number of nitrogens with one attached hydrogen (secondary N) is 1. The molecule has 29 heavy (non-hydrogen) atoms. The molecule has 0 aromatic carbocycles. The lowest BCUT2D eigenvalue weighted by atomic mass is 10.2. The van der Waals surface area contributed by atoms with Crippen LogP contribution in [0, 0.1) is 6.92 Å². The van der Waals surface area contributed by atoms with Crippen molar-refractivity contribution in [3.63, 3.8) is 0 Å². The number of hydrogen-bond donors (Lipinski definition) is 1. The van der Waals surface area contributed by atoms with E-state index in [2.05, 4.69) is 38.0 Å². The van der Waals surface area contributed by atoms with Crippen LogP contribution in [0.4, 0.5) is 11.8 Å². The molecule has 0 bridgehead atoms. The van der Waals surface area contributed by atoms with Gasteiger partial charge in [0.1, 0.15) is 16.5 Å². The van der Waals surface area contributed by atoms with Crippen LogP contribution in [0.2, 0.25) is 0 Å². The molecule has 0 saturated carbocycles. The average molecular weight is 413 g/mol. The minimum atomic E-state index is 0.0147. The molecule has 0 aliphatic carbocycles. The fourth-order valence-electron chi connectivity index (χ4n) is 3.99. The molecule has 2 aliphatic rings. The molecule has 0 radical (unpaired) electrons. The van der Waals surface area contributed by atoms with Gasteiger partial charge in [-0.1, -0.05) is 13.3 Å². The number of fused-ring (bicyclic) bond motifs is 2. The van der Waals surface area contributed by atoms with Gasteiger partial charge in [-0.15, -0.1) is 21.5 Å². The first kappa shape index (κ1) is 18.3. The third kappa shape index (κ3) is 3.31. The van der Waals surface area contributed by atoms with Gasteiger partial charge >= 0.3 is 0 Å². The number of carbonyl (C=O) groups excluding carboxylic acids is 1. The molecule has 0 unspecified atom stereocenters. The molecule has 3 aromatic rings. The van der Waals surface area contributed by atoms with Crippen molar-refractivity contribution in [2.24, 2.45) is 0 Å². The van der Waals surface area contributed by atoms with E-state index in [1.54, 1.807) is 11.3 Å². The van der Waals surface area contributed by atoms with Crippen molar-refractivity contribution in [3.8, 4) is 0 Å². The first-order chi connectivity index (χ1) is 14.1. The van der Waals surface area contributed by atoms with Crippen LogP contribution in [0.1, 0.15) is 29.9 Å². The van der Waals surface area contributed by atoms with Crippen LogP contribution in [0.3, 0.4) is 0 Å². The summed E-state index contributed by atoms with van der Waals surface area (Å²) in [5.74, 6) is 3.49. The third-order valence-corrected chi connectivity index (χ3v) is 6.56. The Bertz CT molecular complexity index is 1070. The predicted octanol–water partition coefficient (Wildman–Crippen LogP) is 1.50. The maximum absolute atomic E-state index is 11.9. The Kier molecular flexibility index (Phi) is 4.57. The summed E-state index contributed by atoms with van der Waals surface area (Å²) in [6.45, 7) is 8.17. The SMILES string of the molecule is CCCc1cc2c(N3CCn4c(C)nnc4C3)nc(N3CCNC(=O)C3)nc2s1. The normalized spacial score (nSPS) is 17.0. The van der Waals surface area contributed by atoms with Crippen molar-refractivity contribution in [3.05, 3.63) is 22.6 Å². The van der Waals surface area contributed by atoms with Crippen LogP contribution in [-0.4, -0.2) is 56.8 Å². The summed E-state index contributed by atoms with van der Waals surface area (Å²) < 4.78 is 2.17. The molecule has 1 fully saturated rings. The smallest absolute Gasteiger partial charge is 0.239 e. The Morgan fingerprint density at radius 3 is 2.86 bits per heavy atom. The van der Waals surface area contributed by atoms with Crippen LogP contribution in [0.5, 0.6) is 0 Å². The summed E-state index contributed by atoms with van der Waals surface area (Å²) in [6.07, 6.45) is 2.14. The van der Waals surface area contributed by atoms with E-state index in [9.17, 15) is 4.79 Å². The van der Waals surface area contributed by atoms with Gasteiger partial charge in [-0.05, 0) is 19.4 Å². The Hall–Kier alpha value is -2.75. The molecule has 2 aliphatic heterocycles. The van der Waals surface area contributed by atoms with Gasteiger partial charge in [0.15, 0.2) is 5.82 Å². The lowest BCUT2D eigenvalue weighted by molar-refractivity contribution is -0.120. The van der Waals surface area contributed by atoms with Crippen molar-refractivity contribution < 1.29 is 4.79 Å². The maximum atomic E-state index is 11.9. The number of aryl methyl sites for hydroxylation is 2. The number of rotatable bonds is 4. The molecule has 9 nitrogen and oxygen atoms in total. The molecular formula is C19H24N8OS. The number of aromatic nitrogens is 5. The van der Waals surface area contributed by atoms with Gasteiger partial charge in [0.25, 0.3) is 0 Å². The highest BCUT2D eigenvalue weighted by Gasteiger charge is 2.26. The molecule has 5 heterocycles. The van der Waals surface area contributed by atoms with Crippen molar-refractivity contribution in [1.82, 2.24) is 30.0 Å². The Labute approximate surface area is 172 Å². The van der Waals surface area contributed by atoms with Crippen LogP contribution in [-0.2, 0) is 24.3 Å². The van der Waals surface area contributed by atoms with E-state index in [1.165, 1.54) is 4.88 Å². The second kappa shape index (κ2) is 7.25. The summed E-state index contributed by atoms with van der Waals surface area (Å²) in [4.78, 5) is 28.2. The number of carbonyl (C=O) groups is 1. The molecule has 10 heteroatoms. The first-order valence-electron chi connectivity index (χ1n) is 10.1. The van der Waals surface area contributed by atoms with Crippen molar-refractivity contribution >= 4 is 39.2 Å². The second-order valence-electron chi connectivity index (χ2n) is 7.54. The number of thiophene rings is 1.